The molecule has 0 unspecified atom stereocenters. The summed E-state index contributed by atoms with van der Waals surface area (Å²) in [5, 5.41) is 3.30. The van der Waals surface area contributed by atoms with Crippen molar-refractivity contribution in [3.05, 3.63) is 29.8 Å². The van der Waals surface area contributed by atoms with Gasteiger partial charge in [0.2, 0.25) is 0 Å². The van der Waals surface area contributed by atoms with Crippen molar-refractivity contribution in [1.82, 2.24) is 10.2 Å². The summed E-state index contributed by atoms with van der Waals surface area (Å²) in [6, 6.07) is 8.08. The minimum Gasteiger partial charge on any atom is -0.497 e. The van der Waals surface area contributed by atoms with Crippen molar-refractivity contribution in [3.63, 3.8) is 0 Å². The molecule has 0 aliphatic carbocycles. The van der Waals surface area contributed by atoms with E-state index in [2.05, 4.69) is 16.3 Å². The van der Waals surface area contributed by atoms with Crippen molar-refractivity contribution < 1.29 is 13.2 Å². The summed E-state index contributed by atoms with van der Waals surface area (Å²) in [6.45, 7) is 8.03. The van der Waals surface area contributed by atoms with E-state index in [4.69, 9.17) is 9.73 Å². The number of hydrogen-bond donors (Lipinski definition) is 1. The molecule has 6 nitrogen and oxygen atoms in total. The molecular weight excluding hydrogens is 477 g/mol. The molecule has 1 aromatic carbocycles. The number of ether oxygens (including phenoxy) is 1. The summed E-state index contributed by atoms with van der Waals surface area (Å²) in [7, 11) is -1.37. The lowest BCUT2D eigenvalue weighted by Crippen LogP contribution is -2.57. The molecule has 2 rings (SSSR count). The number of nitrogens with one attached hydrogen (secondary N) is 1. The van der Waals surface area contributed by atoms with Crippen LogP contribution in [0.5, 0.6) is 5.75 Å². The van der Waals surface area contributed by atoms with Gasteiger partial charge in [-0.2, -0.15) is 0 Å². The first-order valence-corrected chi connectivity index (χ1v) is 10.8. The van der Waals surface area contributed by atoms with Crippen molar-refractivity contribution in [3.8, 4) is 5.75 Å². The summed E-state index contributed by atoms with van der Waals surface area (Å²) in [6.07, 6.45) is 1.86. The van der Waals surface area contributed by atoms with Gasteiger partial charge in [0.05, 0.1) is 17.6 Å². The van der Waals surface area contributed by atoms with Gasteiger partial charge < -0.3 is 15.0 Å². The molecule has 0 saturated carbocycles. The summed E-state index contributed by atoms with van der Waals surface area (Å²) in [5.41, 5.74) is 1.23. The van der Waals surface area contributed by atoms with Gasteiger partial charge in [-0.05, 0) is 51.3 Å². The monoisotopic (exact) mass is 509 g/mol. The molecule has 154 valence electrons. The molecule has 27 heavy (non-hydrogen) atoms. The van der Waals surface area contributed by atoms with Crippen LogP contribution in [0, 0.1) is 0 Å². The number of nitrogens with zero attached hydrogens (tertiary/aromatic N) is 2. The Morgan fingerprint density at radius 3 is 2.74 bits per heavy atom. The van der Waals surface area contributed by atoms with Crippen LogP contribution in [0.4, 0.5) is 0 Å². The average molecular weight is 509 g/mol. The number of methoxy groups -OCH3 is 1. The van der Waals surface area contributed by atoms with Gasteiger partial charge in [0.25, 0.3) is 0 Å². The minimum absolute atomic E-state index is 0. The van der Waals surface area contributed by atoms with Crippen molar-refractivity contribution in [1.29, 1.82) is 0 Å². The highest BCUT2D eigenvalue weighted by Crippen LogP contribution is 2.23. The summed E-state index contributed by atoms with van der Waals surface area (Å²) in [5.74, 6) is 1.85. The highest BCUT2D eigenvalue weighted by Gasteiger charge is 2.40. The van der Waals surface area contributed by atoms with E-state index in [0.717, 1.165) is 31.1 Å². The molecule has 8 heteroatoms. The van der Waals surface area contributed by atoms with E-state index in [9.17, 15) is 8.42 Å². The van der Waals surface area contributed by atoms with E-state index < -0.39 is 14.6 Å². The van der Waals surface area contributed by atoms with Gasteiger partial charge in [-0.15, -0.1) is 24.0 Å². The topological polar surface area (TPSA) is 71.0 Å². The summed E-state index contributed by atoms with van der Waals surface area (Å²) in [4.78, 5) is 6.78. The van der Waals surface area contributed by atoms with Crippen LogP contribution in [0.2, 0.25) is 0 Å². The number of halogens is 1. The third kappa shape index (κ3) is 6.51. The third-order valence-electron chi connectivity index (χ3n) is 4.70. The second-order valence-electron chi connectivity index (χ2n) is 7.19. The quantitative estimate of drug-likeness (QED) is 0.277. The Hall–Kier alpha value is -1.03. The molecule has 1 fully saturated rings. The number of sulfone groups is 1. The van der Waals surface area contributed by atoms with Gasteiger partial charge in [-0.1, -0.05) is 12.1 Å². The van der Waals surface area contributed by atoms with Crippen LogP contribution >= 0.6 is 24.0 Å². The molecule has 1 aliphatic heterocycles. The largest absolute Gasteiger partial charge is 0.497 e. The third-order valence-corrected chi connectivity index (χ3v) is 7.23. The predicted molar refractivity (Wildman–Crippen MR) is 122 cm³/mol. The first-order chi connectivity index (χ1) is 12.3. The molecule has 0 amide bonds. The highest BCUT2D eigenvalue weighted by atomic mass is 127. The van der Waals surface area contributed by atoms with E-state index in [1.165, 1.54) is 5.56 Å². The van der Waals surface area contributed by atoms with Crippen LogP contribution in [0.15, 0.2) is 29.3 Å². The Balaban J connectivity index is 0.00000364. The molecule has 0 radical (unpaired) electrons. The first-order valence-electron chi connectivity index (χ1n) is 9.17. The molecule has 1 saturated heterocycles. The summed E-state index contributed by atoms with van der Waals surface area (Å²) < 4.78 is 28.9. The fourth-order valence-electron chi connectivity index (χ4n) is 3.05. The van der Waals surface area contributed by atoms with Crippen LogP contribution in [-0.2, 0) is 16.3 Å². The van der Waals surface area contributed by atoms with Gasteiger partial charge in [0, 0.05) is 26.2 Å². The second-order valence-corrected chi connectivity index (χ2v) is 9.93. The number of rotatable bonds is 6. The maximum atomic E-state index is 12.2. The normalized spacial score (nSPS) is 18.5. The van der Waals surface area contributed by atoms with Crippen LogP contribution in [-0.4, -0.2) is 63.1 Å². The Morgan fingerprint density at radius 2 is 2.11 bits per heavy atom. The first kappa shape index (κ1) is 24.0. The molecule has 1 aromatic rings. The molecule has 0 spiro atoms. The molecule has 1 N–H and O–H groups in total. The number of guanidine groups is 1. The van der Waals surface area contributed by atoms with Crippen molar-refractivity contribution in [2.24, 2.45) is 4.99 Å². The van der Waals surface area contributed by atoms with Crippen molar-refractivity contribution >= 4 is 39.8 Å². The van der Waals surface area contributed by atoms with E-state index in [1.807, 2.05) is 25.1 Å². The zero-order valence-electron chi connectivity index (χ0n) is 16.7. The molecule has 0 atom stereocenters. The van der Waals surface area contributed by atoms with E-state index in [0.29, 0.717) is 19.6 Å². The van der Waals surface area contributed by atoms with E-state index in [1.54, 1.807) is 21.0 Å². The highest BCUT2D eigenvalue weighted by molar-refractivity contribution is 14.0. The lowest BCUT2D eigenvalue weighted by Gasteiger charge is -2.39. The minimum atomic E-state index is -3.05. The number of aliphatic imine (C=N–C) groups is 1. The van der Waals surface area contributed by atoms with E-state index in [-0.39, 0.29) is 29.7 Å². The Labute approximate surface area is 180 Å². The number of aryl methyl sites for hydroxylation is 1. The SMILES string of the molecule is CCNC(=NCCCc1cccc(OC)c1)N1CCS(=O)(=O)C(C)(C)C1.I. The van der Waals surface area contributed by atoms with Gasteiger partial charge in [-0.3, -0.25) is 4.99 Å². The molecule has 0 aromatic heterocycles. The maximum Gasteiger partial charge on any atom is 0.193 e. The smallest absolute Gasteiger partial charge is 0.193 e. The average Bonchev–Trinajstić information content (AvgIpc) is 2.60. The summed E-state index contributed by atoms with van der Waals surface area (Å²) >= 11 is 0. The fraction of sp³-hybridized carbons (Fsp3) is 0.632. The standard InChI is InChI=1S/C19H31N3O3S.HI/c1-5-20-18(22-12-13-26(23,24)19(2,3)15-22)21-11-7-9-16-8-6-10-17(14-16)25-4;/h6,8,10,14H,5,7,9,11-13,15H2,1-4H3,(H,20,21);1H. The van der Waals surface area contributed by atoms with E-state index >= 15 is 0 Å². The molecule has 1 heterocycles. The van der Waals surface area contributed by atoms with Crippen LogP contribution < -0.4 is 10.1 Å². The zero-order valence-corrected chi connectivity index (χ0v) is 19.8. The second kappa shape index (κ2) is 10.5. The van der Waals surface area contributed by atoms with Crippen LogP contribution in [0.3, 0.4) is 0 Å². The molecule has 0 bridgehead atoms. The van der Waals surface area contributed by atoms with Crippen molar-refractivity contribution in [2.45, 2.75) is 38.4 Å². The Kier molecular flexibility index (Phi) is 9.33. The van der Waals surface area contributed by atoms with Gasteiger partial charge >= 0.3 is 0 Å². The van der Waals surface area contributed by atoms with Gasteiger partial charge in [-0.25, -0.2) is 8.42 Å². The fourth-order valence-corrected chi connectivity index (χ4v) is 4.41. The Bertz CT molecular complexity index is 735. The van der Waals surface area contributed by atoms with Crippen LogP contribution in [0.1, 0.15) is 32.8 Å². The van der Waals surface area contributed by atoms with Crippen molar-refractivity contribution in [2.75, 3.05) is 39.0 Å². The van der Waals surface area contributed by atoms with Gasteiger partial charge in [0.1, 0.15) is 5.75 Å². The number of benzene rings is 1. The van der Waals surface area contributed by atoms with Gasteiger partial charge in [0.15, 0.2) is 15.8 Å². The molecule has 1 aliphatic rings. The number of hydrogen-bond acceptors (Lipinski definition) is 4. The Morgan fingerprint density at radius 1 is 1.37 bits per heavy atom. The predicted octanol–water partition coefficient (Wildman–Crippen LogP) is 2.72. The lowest BCUT2D eigenvalue weighted by molar-refractivity contribution is 0.353. The zero-order chi connectivity index (χ0) is 19.2. The lowest BCUT2D eigenvalue weighted by atomic mass is 10.1. The maximum absolute atomic E-state index is 12.2. The van der Waals surface area contributed by atoms with Crippen LogP contribution in [0.25, 0.3) is 0 Å². The molecular formula is C19H32IN3O3S.